The summed E-state index contributed by atoms with van der Waals surface area (Å²) in [7, 11) is 0. The Morgan fingerprint density at radius 3 is 2.47 bits per heavy atom. The molecular formula is C13H23NO. The van der Waals surface area contributed by atoms with E-state index in [1.165, 1.54) is 51.5 Å². The number of fused-ring (bicyclic) bond motifs is 1. The van der Waals surface area contributed by atoms with Gasteiger partial charge in [0.2, 0.25) is 0 Å². The fourth-order valence-electron chi connectivity index (χ4n) is 4.22. The maximum absolute atomic E-state index is 10.9. The number of hydrogen-bond acceptors (Lipinski definition) is 2. The molecule has 2 aliphatic heterocycles. The van der Waals surface area contributed by atoms with Crippen LogP contribution in [0.3, 0.4) is 0 Å². The van der Waals surface area contributed by atoms with Crippen molar-refractivity contribution in [2.45, 2.75) is 63.0 Å². The third-order valence-electron chi connectivity index (χ3n) is 5.05. The van der Waals surface area contributed by atoms with Crippen LogP contribution in [-0.4, -0.2) is 34.7 Å². The highest BCUT2D eigenvalue weighted by molar-refractivity contribution is 5.05. The predicted octanol–water partition coefficient (Wildman–Crippen LogP) is 2.17. The second kappa shape index (κ2) is 3.74. The third kappa shape index (κ3) is 1.53. The summed E-state index contributed by atoms with van der Waals surface area (Å²) in [6, 6.07) is 0.509. The molecule has 0 aromatic carbocycles. The second-order valence-electron chi connectivity index (χ2n) is 5.77. The van der Waals surface area contributed by atoms with Crippen LogP contribution in [0.4, 0.5) is 0 Å². The van der Waals surface area contributed by atoms with Gasteiger partial charge in [0.1, 0.15) is 0 Å². The molecule has 2 nitrogen and oxygen atoms in total. The number of piperidine rings is 1. The lowest BCUT2D eigenvalue weighted by Crippen LogP contribution is -2.50. The van der Waals surface area contributed by atoms with Crippen LogP contribution in [0.5, 0.6) is 0 Å². The number of rotatable bonds is 1. The van der Waals surface area contributed by atoms with E-state index in [1.807, 2.05) is 0 Å². The van der Waals surface area contributed by atoms with Crippen LogP contribution in [0, 0.1) is 5.92 Å². The first kappa shape index (κ1) is 10.1. The zero-order valence-corrected chi connectivity index (χ0v) is 9.62. The van der Waals surface area contributed by atoms with E-state index in [0.29, 0.717) is 12.0 Å². The van der Waals surface area contributed by atoms with Crippen molar-refractivity contribution in [3.8, 4) is 0 Å². The van der Waals surface area contributed by atoms with Crippen LogP contribution in [0.25, 0.3) is 0 Å². The van der Waals surface area contributed by atoms with E-state index in [9.17, 15) is 5.11 Å². The van der Waals surface area contributed by atoms with Gasteiger partial charge in [0, 0.05) is 12.6 Å². The van der Waals surface area contributed by atoms with Gasteiger partial charge in [0.05, 0.1) is 5.60 Å². The first-order chi connectivity index (χ1) is 7.31. The summed E-state index contributed by atoms with van der Waals surface area (Å²) in [5, 5.41) is 10.9. The molecule has 2 heteroatoms. The highest BCUT2D eigenvalue weighted by Crippen LogP contribution is 2.45. The fraction of sp³-hybridized carbons (Fsp3) is 1.00. The summed E-state index contributed by atoms with van der Waals surface area (Å²) >= 11 is 0. The van der Waals surface area contributed by atoms with Crippen molar-refractivity contribution >= 4 is 0 Å². The topological polar surface area (TPSA) is 23.5 Å². The van der Waals surface area contributed by atoms with Crippen LogP contribution in [0.15, 0.2) is 0 Å². The van der Waals surface area contributed by atoms with E-state index in [4.69, 9.17) is 0 Å². The molecule has 3 rings (SSSR count). The smallest absolute Gasteiger partial charge is 0.0842 e. The molecule has 2 saturated heterocycles. The van der Waals surface area contributed by atoms with Gasteiger partial charge in [-0.25, -0.2) is 0 Å². The molecule has 1 saturated carbocycles. The van der Waals surface area contributed by atoms with E-state index < -0.39 is 0 Å². The van der Waals surface area contributed by atoms with E-state index in [2.05, 4.69) is 4.90 Å². The van der Waals surface area contributed by atoms with Gasteiger partial charge in [0.25, 0.3) is 0 Å². The van der Waals surface area contributed by atoms with Gasteiger partial charge in [-0.2, -0.15) is 0 Å². The van der Waals surface area contributed by atoms with Crippen molar-refractivity contribution in [3.63, 3.8) is 0 Å². The van der Waals surface area contributed by atoms with Crippen LogP contribution in [0.2, 0.25) is 0 Å². The average Bonchev–Trinajstić information content (AvgIpc) is 2.88. The summed E-state index contributed by atoms with van der Waals surface area (Å²) in [5.74, 6) is 0.616. The summed E-state index contributed by atoms with van der Waals surface area (Å²) in [6.45, 7) is 2.39. The minimum atomic E-state index is -0.309. The zero-order chi connectivity index (χ0) is 10.3. The molecule has 0 amide bonds. The molecule has 0 spiro atoms. The summed E-state index contributed by atoms with van der Waals surface area (Å²) < 4.78 is 0. The lowest BCUT2D eigenvalue weighted by Gasteiger charge is -2.40. The van der Waals surface area contributed by atoms with E-state index >= 15 is 0 Å². The number of nitrogens with zero attached hydrogens (tertiary/aromatic N) is 1. The Hall–Kier alpha value is -0.0800. The van der Waals surface area contributed by atoms with Crippen LogP contribution in [-0.2, 0) is 0 Å². The van der Waals surface area contributed by atoms with Crippen molar-refractivity contribution in [3.05, 3.63) is 0 Å². The Labute approximate surface area is 92.7 Å². The molecule has 0 aromatic heterocycles. The molecule has 0 radical (unpaired) electrons. The lowest BCUT2D eigenvalue weighted by atomic mass is 9.77. The summed E-state index contributed by atoms with van der Waals surface area (Å²) in [5.41, 5.74) is -0.309. The molecule has 86 valence electrons. The largest absolute Gasteiger partial charge is 0.388 e. The Morgan fingerprint density at radius 1 is 0.933 bits per heavy atom. The van der Waals surface area contributed by atoms with Crippen LogP contribution in [0.1, 0.15) is 51.4 Å². The lowest BCUT2D eigenvalue weighted by molar-refractivity contribution is -0.0545. The molecule has 0 aromatic rings. The van der Waals surface area contributed by atoms with Crippen molar-refractivity contribution in [1.29, 1.82) is 0 Å². The van der Waals surface area contributed by atoms with Crippen molar-refractivity contribution in [2.24, 2.45) is 5.92 Å². The molecule has 1 N–H and O–H groups in total. The van der Waals surface area contributed by atoms with Gasteiger partial charge in [-0.15, -0.1) is 0 Å². The predicted molar refractivity (Wildman–Crippen MR) is 60.7 cm³/mol. The highest BCUT2D eigenvalue weighted by atomic mass is 16.3. The van der Waals surface area contributed by atoms with E-state index in [0.717, 1.165) is 13.0 Å². The van der Waals surface area contributed by atoms with Crippen molar-refractivity contribution in [1.82, 2.24) is 4.90 Å². The minimum absolute atomic E-state index is 0.309. The fourth-order valence-corrected chi connectivity index (χ4v) is 4.22. The van der Waals surface area contributed by atoms with Gasteiger partial charge in [-0.3, -0.25) is 4.90 Å². The van der Waals surface area contributed by atoms with Gasteiger partial charge in [-0.05, 0) is 44.6 Å². The summed E-state index contributed by atoms with van der Waals surface area (Å²) in [6.07, 6.45) is 10.2. The minimum Gasteiger partial charge on any atom is -0.388 e. The first-order valence-corrected chi connectivity index (χ1v) is 6.77. The molecule has 2 heterocycles. The standard InChI is InChI=1S/C13H23NO/c15-13(11-5-1-2-6-11)8-10-14-9-4-3-7-12(13)14/h11-12,15H,1-10H2. The van der Waals surface area contributed by atoms with E-state index in [-0.39, 0.29) is 5.60 Å². The van der Waals surface area contributed by atoms with Gasteiger partial charge < -0.3 is 5.11 Å². The Balaban J connectivity index is 1.78. The number of hydrogen-bond donors (Lipinski definition) is 1. The van der Waals surface area contributed by atoms with E-state index in [1.54, 1.807) is 0 Å². The van der Waals surface area contributed by atoms with Crippen LogP contribution < -0.4 is 0 Å². The Morgan fingerprint density at radius 2 is 1.67 bits per heavy atom. The third-order valence-corrected chi connectivity index (χ3v) is 5.05. The zero-order valence-electron chi connectivity index (χ0n) is 9.62. The molecule has 0 bridgehead atoms. The molecule has 1 aliphatic carbocycles. The average molecular weight is 209 g/mol. The number of aliphatic hydroxyl groups is 1. The normalized spacial score (nSPS) is 43.4. The molecular weight excluding hydrogens is 186 g/mol. The maximum atomic E-state index is 10.9. The molecule has 3 aliphatic rings. The molecule has 3 fully saturated rings. The molecule has 15 heavy (non-hydrogen) atoms. The Kier molecular flexibility index (Phi) is 2.52. The van der Waals surface area contributed by atoms with Crippen molar-refractivity contribution in [2.75, 3.05) is 13.1 Å². The second-order valence-corrected chi connectivity index (χ2v) is 5.77. The maximum Gasteiger partial charge on any atom is 0.0842 e. The van der Waals surface area contributed by atoms with Gasteiger partial charge in [0.15, 0.2) is 0 Å². The summed E-state index contributed by atoms with van der Waals surface area (Å²) in [4.78, 5) is 2.56. The monoisotopic (exact) mass is 209 g/mol. The quantitative estimate of drug-likeness (QED) is 0.715. The SMILES string of the molecule is OC1(C2CCCC2)CCN2CCCCC21. The molecule has 2 unspecified atom stereocenters. The van der Waals surface area contributed by atoms with Crippen LogP contribution >= 0.6 is 0 Å². The van der Waals surface area contributed by atoms with Crippen molar-refractivity contribution < 1.29 is 5.11 Å². The van der Waals surface area contributed by atoms with Gasteiger partial charge in [-0.1, -0.05) is 19.3 Å². The Bertz CT molecular complexity index is 237. The molecule has 2 atom stereocenters. The highest BCUT2D eigenvalue weighted by Gasteiger charge is 2.51. The first-order valence-electron chi connectivity index (χ1n) is 6.77. The van der Waals surface area contributed by atoms with Gasteiger partial charge >= 0.3 is 0 Å².